The first-order valence-corrected chi connectivity index (χ1v) is 16.2. The molecule has 0 spiro atoms. The number of benzene rings is 2. The molecule has 0 unspecified atom stereocenters. The molecule has 1 N–H and O–H groups in total. The molecule has 0 aliphatic carbocycles. The topological polar surface area (TPSA) is 118 Å². The minimum atomic E-state index is -3.49. The van der Waals surface area contributed by atoms with E-state index in [1.807, 2.05) is 25.2 Å². The van der Waals surface area contributed by atoms with Gasteiger partial charge in [0.05, 0.1) is 22.3 Å². The molecule has 1 aliphatic rings. The number of imidazole rings is 1. The highest BCUT2D eigenvalue weighted by Crippen LogP contribution is 2.24. The smallest absolute Gasteiger partial charge is 0.263 e. The van der Waals surface area contributed by atoms with Crippen molar-refractivity contribution in [2.75, 3.05) is 43.4 Å². The van der Waals surface area contributed by atoms with Gasteiger partial charge in [0.15, 0.2) is 9.84 Å². The van der Waals surface area contributed by atoms with Gasteiger partial charge in [-0.1, -0.05) is 12.1 Å². The molecule has 3 aromatic heterocycles. The maximum absolute atomic E-state index is 14.0. The second-order valence-corrected chi connectivity index (χ2v) is 14.0. The number of nitrogens with one attached hydrogen (secondary N) is 1. The van der Waals surface area contributed by atoms with Gasteiger partial charge in [0.2, 0.25) is 5.95 Å². The number of likely N-dealkylation sites (N-methyl/N-ethyl adjacent to an activating group) is 1. The Bertz CT molecular complexity index is 1980. The zero-order chi connectivity index (χ0) is 31.0. The minimum absolute atomic E-state index is 0.116. The fraction of sp³-hybridized carbons (Fsp3) is 0.312. The molecule has 5 aromatic rings. The van der Waals surface area contributed by atoms with Crippen molar-refractivity contribution in [2.24, 2.45) is 7.05 Å². The molecule has 4 heterocycles. The molecule has 6 rings (SSSR count). The Hall–Kier alpha value is -4.55. The number of hydrogen-bond donors (Lipinski definition) is 1. The summed E-state index contributed by atoms with van der Waals surface area (Å²) >= 11 is 0. The van der Waals surface area contributed by atoms with E-state index >= 15 is 0 Å². The molecule has 1 fully saturated rings. The predicted molar refractivity (Wildman–Crippen MR) is 173 cm³/mol. The lowest BCUT2D eigenvalue weighted by Gasteiger charge is -2.34. The fourth-order valence-electron chi connectivity index (χ4n) is 5.38. The Balaban J connectivity index is 1.38. The van der Waals surface area contributed by atoms with Crippen LogP contribution < -0.4 is 15.8 Å². The largest absolute Gasteiger partial charge is 0.369 e. The van der Waals surface area contributed by atoms with Gasteiger partial charge in [-0.3, -0.25) is 9.36 Å². The van der Waals surface area contributed by atoms with Crippen LogP contribution in [0.5, 0.6) is 0 Å². The number of rotatable bonds is 8. The summed E-state index contributed by atoms with van der Waals surface area (Å²) < 4.78 is 29.1. The van der Waals surface area contributed by atoms with E-state index in [1.54, 1.807) is 65.8 Å². The first-order valence-electron chi connectivity index (χ1n) is 14.6. The third-order valence-electron chi connectivity index (χ3n) is 8.07. The summed E-state index contributed by atoms with van der Waals surface area (Å²) in [5.41, 5.74) is 3.20. The first kappa shape index (κ1) is 29.5. The monoisotopic (exact) mass is 612 g/mol. The Morgan fingerprint density at radius 3 is 2.39 bits per heavy atom. The molecule has 228 valence electrons. The second kappa shape index (κ2) is 11.9. The van der Waals surface area contributed by atoms with Crippen molar-refractivity contribution in [1.82, 2.24) is 29.0 Å². The van der Waals surface area contributed by atoms with E-state index in [0.29, 0.717) is 33.9 Å². The average molecular weight is 613 g/mol. The Morgan fingerprint density at radius 2 is 1.70 bits per heavy atom. The average Bonchev–Trinajstić information content (AvgIpc) is 3.45. The van der Waals surface area contributed by atoms with Crippen LogP contribution in [0.3, 0.4) is 0 Å². The van der Waals surface area contributed by atoms with Crippen LogP contribution in [-0.2, 0) is 23.4 Å². The highest BCUT2D eigenvalue weighted by Gasteiger charge is 2.21. The third kappa shape index (κ3) is 5.82. The summed E-state index contributed by atoms with van der Waals surface area (Å²) in [5, 5.41) is 3.37. The van der Waals surface area contributed by atoms with Crippen LogP contribution in [0.1, 0.15) is 19.4 Å². The molecular weight excluding hydrogens is 576 g/mol. The van der Waals surface area contributed by atoms with Gasteiger partial charge >= 0.3 is 0 Å². The van der Waals surface area contributed by atoms with Gasteiger partial charge in [0, 0.05) is 68.6 Å². The number of nitrogens with zero attached hydrogens (tertiary/aromatic N) is 7. The lowest BCUT2D eigenvalue weighted by molar-refractivity contribution is 0.313. The molecular formula is C32H36N8O3S. The van der Waals surface area contributed by atoms with E-state index in [1.165, 1.54) is 5.69 Å². The van der Waals surface area contributed by atoms with Gasteiger partial charge in [-0.05, 0) is 68.9 Å². The maximum Gasteiger partial charge on any atom is 0.263 e. The molecule has 0 amide bonds. The van der Waals surface area contributed by atoms with E-state index in [-0.39, 0.29) is 17.0 Å². The summed E-state index contributed by atoms with van der Waals surface area (Å²) in [5.74, 6) is 0.864. The highest BCUT2D eigenvalue weighted by molar-refractivity contribution is 7.92. The van der Waals surface area contributed by atoms with Gasteiger partial charge < -0.3 is 19.7 Å². The molecule has 0 bridgehead atoms. The zero-order valence-corrected chi connectivity index (χ0v) is 26.1. The molecule has 1 saturated heterocycles. The Labute approximate surface area is 256 Å². The van der Waals surface area contributed by atoms with Gasteiger partial charge in [-0.15, -0.1) is 0 Å². The number of piperazine rings is 1. The van der Waals surface area contributed by atoms with E-state index in [0.717, 1.165) is 31.9 Å². The van der Waals surface area contributed by atoms with Crippen LogP contribution >= 0.6 is 0 Å². The molecule has 11 nitrogen and oxygen atoms in total. The van der Waals surface area contributed by atoms with E-state index in [2.05, 4.69) is 44.3 Å². The number of hydrogen-bond acceptors (Lipinski definition) is 9. The van der Waals surface area contributed by atoms with Crippen molar-refractivity contribution in [1.29, 1.82) is 0 Å². The number of sulfone groups is 1. The van der Waals surface area contributed by atoms with E-state index in [9.17, 15) is 13.2 Å². The Morgan fingerprint density at radius 1 is 0.955 bits per heavy atom. The lowest BCUT2D eigenvalue weighted by atomic mass is 10.1. The van der Waals surface area contributed by atoms with Crippen LogP contribution in [0.4, 0.5) is 17.3 Å². The van der Waals surface area contributed by atoms with Crippen molar-refractivity contribution in [3.63, 3.8) is 0 Å². The van der Waals surface area contributed by atoms with Crippen LogP contribution in [0, 0.1) is 0 Å². The van der Waals surface area contributed by atoms with Gasteiger partial charge in [0.1, 0.15) is 11.5 Å². The lowest BCUT2D eigenvalue weighted by Crippen LogP contribution is -2.44. The summed E-state index contributed by atoms with van der Waals surface area (Å²) in [4.78, 5) is 32.6. The minimum Gasteiger partial charge on any atom is -0.369 e. The van der Waals surface area contributed by atoms with Crippen LogP contribution in [-0.4, -0.2) is 75.9 Å². The number of fused-ring (bicyclic) bond motifs is 1. The summed E-state index contributed by atoms with van der Waals surface area (Å²) in [6.07, 6.45) is 5.11. The highest BCUT2D eigenvalue weighted by atomic mass is 32.2. The van der Waals surface area contributed by atoms with Gasteiger partial charge in [-0.2, -0.15) is 4.98 Å². The second-order valence-electron chi connectivity index (χ2n) is 11.5. The molecule has 0 radical (unpaired) electrons. The van der Waals surface area contributed by atoms with Crippen LogP contribution in [0.25, 0.3) is 22.4 Å². The van der Waals surface area contributed by atoms with Gasteiger partial charge in [-0.25, -0.2) is 18.4 Å². The number of anilines is 3. The number of aryl methyl sites for hydroxylation is 1. The molecule has 12 heteroatoms. The van der Waals surface area contributed by atoms with Crippen LogP contribution in [0.2, 0.25) is 0 Å². The van der Waals surface area contributed by atoms with Gasteiger partial charge in [0.25, 0.3) is 5.56 Å². The first-order chi connectivity index (χ1) is 21.1. The molecule has 0 atom stereocenters. The quantitative estimate of drug-likeness (QED) is 0.278. The maximum atomic E-state index is 14.0. The summed E-state index contributed by atoms with van der Waals surface area (Å²) in [6.45, 7) is 7.47. The molecule has 0 saturated carbocycles. The number of pyridine rings is 1. The SMILES string of the molecule is CC(C)S(=O)(=O)c1cccc(Cn2c(=O)c(-c3nccn3C)cc3cnc(Nc4ccc(N5CCN(C)CC5)cc4)nc32)c1. The summed E-state index contributed by atoms with van der Waals surface area (Å²) in [7, 11) is 0.479. The van der Waals surface area contributed by atoms with Crippen molar-refractivity contribution in [3.05, 3.63) is 89.1 Å². The molecule has 44 heavy (non-hydrogen) atoms. The van der Waals surface area contributed by atoms with Crippen molar-refractivity contribution in [3.8, 4) is 11.4 Å². The Kier molecular flexibility index (Phi) is 7.95. The third-order valence-corrected chi connectivity index (χ3v) is 10.2. The molecule has 2 aromatic carbocycles. The predicted octanol–water partition coefficient (Wildman–Crippen LogP) is 3.92. The van der Waals surface area contributed by atoms with E-state index in [4.69, 9.17) is 4.98 Å². The zero-order valence-electron chi connectivity index (χ0n) is 25.3. The number of aromatic nitrogens is 5. The normalized spacial score (nSPS) is 14.4. The van der Waals surface area contributed by atoms with Crippen molar-refractivity contribution < 1.29 is 8.42 Å². The van der Waals surface area contributed by atoms with E-state index < -0.39 is 15.1 Å². The van der Waals surface area contributed by atoms with Crippen LogP contribution in [0.15, 0.2) is 82.9 Å². The fourth-order valence-corrected chi connectivity index (χ4v) is 6.50. The van der Waals surface area contributed by atoms with Crippen molar-refractivity contribution in [2.45, 2.75) is 30.5 Å². The molecule has 1 aliphatic heterocycles. The summed E-state index contributed by atoms with van der Waals surface area (Å²) in [6, 6.07) is 16.7. The van der Waals surface area contributed by atoms with Crippen molar-refractivity contribution >= 4 is 38.2 Å². The standard InChI is InChI=1S/C32H36N8O3S/c1-22(2)44(42,43)27-7-5-6-23(18-27)21-40-29-24(19-28(31(40)41)30-33-12-13-38(30)4)20-34-32(36-29)35-25-8-10-26(11-9-25)39-16-14-37(3)15-17-39/h5-13,18-20,22H,14-17,21H2,1-4H3,(H,34,35,36).